The first-order chi connectivity index (χ1) is 14.2. The van der Waals surface area contributed by atoms with Crippen molar-refractivity contribution in [2.24, 2.45) is 5.41 Å². The van der Waals surface area contributed by atoms with E-state index in [1.165, 1.54) is 30.5 Å². The number of aliphatic hydroxyl groups is 1. The van der Waals surface area contributed by atoms with Crippen molar-refractivity contribution in [1.82, 2.24) is 9.80 Å². The van der Waals surface area contributed by atoms with Crippen molar-refractivity contribution >= 4 is 0 Å². The van der Waals surface area contributed by atoms with Gasteiger partial charge in [-0.05, 0) is 75.0 Å². The Labute approximate surface area is 174 Å². The second-order valence-electron chi connectivity index (χ2n) is 9.03. The first kappa shape index (κ1) is 20.5. The van der Waals surface area contributed by atoms with Crippen LogP contribution in [0.25, 0.3) is 0 Å². The fourth-order valence-corrected chi connectivity index (χ4v) is 5.21. The van der Waals surface area contributed by atoms with E-state index >= 15 is 0 Å². The van der Waals surface area contributed by atoms with E-state index < -0.39 is 0 Å². The standard InChI is InChI=1S/C25H33FN2O/c26-23-9-7-21(8-10-23)17-25(20-29)13-4-14-28(19-25)24-11-15-27(16-12-24)18-22-5-2-1-3-6-22/h1-3,5-10,24,29H,4,11-20H2. The zero-order valence-electron chi connectivity index (χ0n) is 17.3. The molecule has 4 heteroatoms. The van der Waals surface area contributed by atoms with Crippen LogP contribution in [0.2, 0.25) is 0 Å². The number of hydrogen-bond donors (Lipinski definition) is 1. The lowest BCUT2D eigenvalue weighted by Crippen LogP contribution is -2.53. The molecule has 0 aliphatic carbocycles. The molecule has 2 aliphatic rings. The fraction of sp³-hybridized carbons (Fsp3) is 0.520. The highest BCUT2D eigenvalue weighted by molar-refractivity contribution is 5.18. The molecule has 4 rings (SSSR count). The second kappa shape index (κ2) is 9.38. The SMILES string of the molecule is OCC1(Cc2ccc(F)cc2)CCCN(C2CCN(Cc3ccccc3)CC2)C1. The molecular formula is C25H33FN2O. The van der Waals surface area contributed by atoms with E-state index in [1.54, 1.807) is 0 Å². The third-order valence-corrected chi connectivity index (χ3v) is 6.84. The lowest BCUT2D eigenvalue weighted by molar-refractivity contribution is -0.00342. The highest BCUT2D eigenvalue weighted by Gasteiger charge is 2.38. The van der Waals surface area contributed by atoms with E-state index in [0.717, 1.165) is 57.5 Å². The largest absolute Gasteiger partial charge is 0.396 e. The molecule has 2 saturated heterocycles. The highest BCUT2D eigenvalue weighted by Crippen LogP contribution is 2.35. The minimum Gasteiger partial charge on any atom is -0.396 e. The van der Waals surface area contributed by atoms with E-state index in [0.29, 0.717) is 6.04 Å². The van der Waals surface area contributed by atoms with Crippen LogP contribution in [0.1, 0.15) is 36.8 Å². The zero-order chi connectivity index (χ0) is 20.1. The molecule has 2 heterocycles. The Hall–Kier alpha value is -1.75. The molecule has 0 amide bonds. The van der Waals surface area contributed by atoms with Crippen molar-refractivity contribution in [2.45, 2.75) is 44.7 Å². The van der Waals surface area contributed by atoms with Gasteiger partial charge in [-0.3, -0.25) is 9.80 Å². The van der Waals surface area contributed by atoms with Gasteiger partial charge in [0.2, 0.25) is 0 Å². The summed E-state index contributed by atoms with van der Waals surface area (Å²) in [6.07, 6.45) is 5.40. The van der Waals surface area contributed by atoms with Gasteiger partial charge in [-0.15, -0.1) is 0 Å². The summed E-state index contributed by atoms with van der Waals surface area (Å²) < 4.78 is 13.3. The van der Waals surface area contributed by atoms with Gasteiger partial charge in [0.1, 0.15) is 5.82 Å². The second-order valence-corrected chi connectivity index (χ2v) is 9.03. The van der Waals surface area contributed by atoms with E-state index in [2.05, 4.69) is 40.1 Å². The highest BCUT2D eigenvalue weighted by atomic mass is 19.1. The van der Waals surface area contributed by atoms with Crippen molar-refractivity contribution in [3.8, 4) is 0 Å². The molecule has 3 nitrogen and oxygen atoms in total. The predicted octanol–water partition coefficient (Wildman–Crippen LogP) is 4.11. The zero-order valence-corrected chi connectivity index (χ0v) is 17.3. The Bertz CT molecular complexity index is 758. The summed E-state index contributed by atoms with van der Waals surface area (Å²) >= 11 is 0. The Morgan fingerprint density at radius 3 is 2.34 bits per heavy atom. The van der Waals surface area contributed by atoms with Crippen LogP contribution in [-0.4, -0.2) is 53.7 Å². The van der Waals surface area contributed by atoms with Gasteiger partial charge in [0.05, 0.1) is 6.61 Å². The summed E-state index contributed by atoms with van der Waals surface area (Å²) in [6, 6.07) is 18.1. The minimum atomic E-state index is -0.195. The number of piperidine rings is 2. The summed E-state index contributed by atoms with van der Waals surface area (Å²) in [6.45, 7) is 5.60. The number of halogens is 1. The first-order valence-electron chi connectivity index (χ1n) is 11.0. The van der Waals surface area contributed by atoms with Gasteiger partial charge >= 0.3 is 0 Å². The monoisotopic (exact) mass is 396 g/mol. The summed E-state index contributed by atoms with van der Waals surface area (Å²) in [4.78, 5) is 5.19. The molecule has 1 N–H and O–H groups in total. The Morgan fingerprint density at radius 2 is 1.66 bits per heavy atom. The van der Waals surface area contributed by atoms with Gasteiger partial charge in [-0.1, -0.05) is 42.5 Å². The third kappa shape index (κ3) is 5.25. The van der Waals surface area contributed by atoms with E-state index in [1.807, 2.05) is 12.1 Å². The molecule has 0 spiro atoms. The molecular weight excluding hydrogens is 363 g/mol. The number of nitrogens with zero attached hydrogens (tertiary/aromatic N) is 2. The first-order valence-corrected chi connectivity index (χ1v) is 11.0. The van der Waals surface area contributed by atoms with Crippen LogP contribution in [-0.2, 0) is 13.0 Å². The molecule has 2 aliphatic heterocycles. The molecule has 2 aromatic carbocycles. The van der Waals surface area contributed by atoms with E-state index in [4.69, 9.17) is 0 Å². The number of aliphatic hydroxyl groups excluding tert-OH is 1. The molecule has 0 aromatic heterocycles. The minimum absolute atomic E-state index is 0.0999. The average Bonchev–Trinajstić information content (AvgIpc) is 2.77. The van der Waals surface area contributed by atoms with Crippen LogP contribution in [0, 0.1) is 11.2 Å². The van der Waals surface area contributed by atoms with Gasteiger partial charge in [-0.25, -0.2) is 4.39 Å². The maximum atomic E-state index is 13.3. The lowest BCUT2D eigenvalue weighted by atomic mass is 9.75. The lowest BCUT2D eigenvalue weighted by Gasteiger charge is -2.47. The van der Waals surface area contributed by atoms with Crippen molar-refractivity contribution in [3.05, 3.63) is 71.5 Å². The molecule has 156 valence electrons. The van der Waals surface area contributed by atoms with E-state index in [-0.39, 0.29) is 17.8 Å². The van der Waals surface area contributed by atoms with Gasteiger partial charge in [-0.2, -0.15) is 0 Å². The van der Waals surface area contributed by atoms with E-state index in [9.17, 15) is 9.50 Å². The Balaban J connectivity index is 1.33. The molecule has 2 fully saturated rings. The Kier molecular flexibility index (Phi) is 6.63. The average molecular weight is 397 g/mol. The van der Waals surface area contributed by atoms with Crippen LogP contribution in [0.15, 0.2) is 54.6 Å². The summed E-state index contributed by atoms with van der Waals surface area (Å²) in [7, 11) is 0. The van der Waals surface area contributed by atoms with Gasteiger partial charge < -0.3 is 5.11 Å². The number of hydrogen-bond acceptors (Lipinski definition) is 3. The third-order valence-electron chi connectivity index (χ3n) is 6.84. The van der Waals surface area contributed by atoms with Gasteiger partial charge in [0.15, 0.2) is 0 Å². The molecule has 0 saturated carbocycles. The van der Waals surface area contributed by atoms with Crippen LogP contribution in [0.5, 0.6) is 0 Å². The number of rotatable bonds is 6. The quantitative estimate of drug-likeness (QED) is 0.796. The maximum Gasteiger partial charge on any atom is 0.123 e. The fourth-order valence-electron chi connectivity index (χ4n) is 5.21. The summed E-state index contributed by atoms with van der Waals surface area (Å²) in [5.74, 6) is -0.195. The summed E-state index contributed by atoms with van der Waals surface area (Å²) in [5.41, 5.74) is 2.42. The number of likely N-dealkylation sites (tertiary alicyclic amines) is 2. The molecule has 29 heavy (non-hydrogen) atoms. The van der Waals surface area contributed by atoms with Crippen molar-refractivity contribution in [2.75, 3.05) is 32.8 Å². The van der Waals surface area contributed by atoms with Crippen LogP contribution in [0.3, 0.4) is 0 Å². The maximum absolute atomic E-state index is 13.3. The molecule has 0 bridgehead atoms. The number of benzene rings is 2. The summed E-state index contributed by atoms with van der Waals surface area (Å²) in [5, 5.41) is 10.3. The van der Waals surface area contributed by atoms with Crippen LogP contribution in [0.4, 0.5) is 4.39 Å². The Morgan fingerprint density at radius 1 is 0.931 bits per heavy atom. The molecule has 0 radical (unpaired) electrons. The van der Waals surface area contributed by atoms with Crippen molar-refractivity contribution < 1.29 is 9.50 Å². The van der Waals surface area contributed by atoms with Gasteiger partial charge in [0.25, 0.3) is 0 Å². The van der Waals surface area contributed by atoms with Crippen molar-refractivity contribution in [3.63, 3.8) is 0 Å². The van der Waals surface area contributed by atoms with Gasteiger partial charge in [0, 0.05) is 24.5 Å². The molecule has 1 unspecified atom stereocenters. The van der Waals surface area contributed by atoms with Crippen LogP contribution >= 0.6 is 0 Å². The topological polar surface area (TPSA) is 26.7 Å². The van der Waals surface area contributed by atoms with Crippen LogP contribution < -0.4 is 0 Å². The molecule has 2 aromatic rings. The van der Waals surface area contributed by atoms with Crippen molar-refractivity contribution in [1.29, 1.82) is 0 Å². The smallest absolute Gasteiger partial charge is 0.123 e. The molecule has 1 atom stereocenters. The predicted molar refractivity (Wildman–Crippen MR) is 115 cm³/mol. The normalized spacial score (nSPS) is 24.6.